The van der Waals surface area contributed by atoms with Crippen molar-refractivity contribution in [3.63, 3.8) is 0 Å². The second kappa shape index (κ2) is 3.87. The fourth-order valence-corrected chi connectivity index (χ4v) is 3.12. The number of nitrogens with zero attached hydrogens (tertiary/aromatic N) is 3. The number of fused-ring (bicyclic) bond motifs is 1. The molecule has 0 N–H and O–H groups in total. The molecule has 1 aromatic heterocycles. The molecular formula is C15H19N3. The van der Waals surface area contributed by atoms with Crippen molar-refractivity contribution in [2.75, 3.05) is 4.90 Å². The first-order valence-electron chi connectivity index (χ1n) is 6.39. The van der Waals surface area contributed by atoms with E-state index in [2.05, 4.69) is 49.1 Å². The van der Waals surface area contributed by atoms with Crippen LogP contribution in [0.3, 0.4) is 0 Å². The molecule has 94 valence electrons. The first-order valence-corrected chi connectivity index (χ1v) is 6.39. The summed E-state index contributed by atoms with van der Waals surface area (Å²) >= 11 is 0. The van der Waals surface area contributed by atoms with Crippen LogP contribution in [0.1, 0.15) is 27.9 Å². The van der Waals surface area contributed by atoms with E-state index in [4.69, 9.17) is 0 Å². The van der Waals surface area contributed by atoms with Crippen LogP contribution in [0, 0.1) is 20.8 Å². The molecule has 2 heterocycles. The zero-order chi connectivity index (χ0) is 12.9. The fraction of sp³-hybridized carbons (Fsp3) is 0.400. The van der Waals surface area contributed by atoms with E-state index in [0.717, 1.165) is 13.1 Å². The van der Waals surface area contributed by atoms with Crippen LogP contribution in [0.15, 0.2) is 18.3 Å². The van der Waals surface area contributed by atoms with E-state index in [-0.39, 0.29) is 0 Å². The zero-order valence-electron chi connectivity index (χ0n) is 11.5. The monoisotopic (exact) mass is 241 g/mol. The lowest BCUT2D eigenvalue weighted by Gasteiger charge is -2.23. The third kappa shape index (κ3) is 1.70. The van der Waals surface area contributed by atoms with Gasteiger partial charge in [0, 0.05) is 31.0 Å². The van der Waals surface area contributed by atoms with Gasteiger partial charge in [0.1, 0.15) is 0 Å². The van der Waals surface area contributed by atoms with Gasteiger partial charge in [0.05, 0.1) is 12.2 Å². The van der Waals surface area contributed by atoms with Gasteiger partial charge in [-0.15, -0.1) is 0 Å². The van der Waals surface area contributed by atoms with Crippen LogP contribution < -0.4 is 4.90 Å². The topological polar surface area (TPSA) is 21.1 Å². The maximum Gasteiger partial charge on any atom is 0.0867 e. The van der Waals surface area contributed by atoms with Gasteiger partial charge < -0.3 is 4.90 Å². The second-order valence-corrected chi connectivity index (χ2v) is 5.38. The molecule has 2 aromatic rings. The molecule has 1 aliphatic rings. The van der Waals surface area contributed by atoms with Crippen molar-refractivity contribution in [1.29, 1.82) is 0 Å². The molecule has 3 heteroatoms. The highest BCUT2D eigenvalue weighted by Crippen LogP contribution is 2.32. The molecule has 18 heavy (non-hydrogen) atoms. The van der Waals surface area contributed by atoms with E-state index < -0.39 is 0 Å². The van der Waals surface area contributed by atoms with Crippen LogP contribution in [0.5, 0.6) is 0 Å². The van der Waals surface area contributed by atoms with E-state index >= 15 is 0 Å². The number of anilines is 1. The average molecular weight is 241 g/mol. The summed E-state index contributed by atoms with van der Waals surface area (Å²) in [7, 11) is 1.99. The molecule has 3 rings (SSSR count). The molecule has 0 fully saturated rings. The van der Waals surface area contributed by atoms with E-state index in [9.17, 15) is 0 Å². The van der Waals surface area contributed by atoms with Gasteiger partial charge in [0.2, 0.25) is 0 Å². The molecule has 0 saturated heterocycles. The number of aryl methyl sites for hydroxylation is 4. The second-order valence-electron chi connectivity index (χ2n) is 5.38. The predicted octanol–water partition coefficient (Wildman–Crippen LogP) is 2.87. The molecule has 0 saturated carbocycles. The molecular weight excluding hydrogens is 222 g/mol. The summed E-state index contributed by atoms with van der Waals surface area (Å²) in [5.41, 5.74) is 8.02. The Hall–Kier alpha value is -1.77. The number of benzene rings is 1. The first kappa shape index (κ1) is 11.3. The number of hydrogen-bond donors (Lipinski definition) is 0. The van der Waals surface area contributed by atoms with Crippen molar-refractivity contribution >= 4 is 5.69 Å². The van der Waals surface area contributed by atoms with Gasteiger partial charge in [-0.2, -0.15) is 5.10 Å². The van der Waals surface area contributed by atoms with Crippen molar-refractivity contribution in [3.8, 4) is 0 Å². The summed E-state index contributed by atoms with van der Waals surface area (Å²) < 4.78 is 1.91. The van der Waals surface area contributed by atoms with Crippen LogP contribution >= 0.6 is 0 Å². The Bertz CT molecular complexity index is 564. The van der Waals surface area contributed by atoms with Crippen molar-refractivity contribution in [2.24, 2.45) is 7.05 Å². The average Bonchev–Trinajstić information content (AvgIpc) is 2.72. The lowest BCUT2D eigenvalue weighted by Crippen LogP contribution is -2.18. The first-order chi connectivity index (χ1) is 8.54. The van der Waals surface area contributed by atoms with E-state index in [0.29, 0.717) is 0 Å². The molecule has 0 amide bonds. The predicted molar refractivity (Wildman–Crippen MR) is 73.7 cm³/mol. The largest absolute Gasteiger partial charge is 0.361 e. The fourth-order valence-electron chi connectivity index (χ4n) is 3.12. The van der Waals surface area contributed by atoms with Gasteiger partial charge in [-0.05, 0) is 31.9 Å². The Kier molecular flexibility index (Phi) is 2.44. The smallest absolute Gasteiger partial charge is 0.0867 e. The SMILES string of the molecule is Cc1cc(C)c(N2Cc3cn(C)nc3C2)c(C)c1. The molecule has 0 unspecified atom stereocenters. The van der Waals surface area contributed by atoms with Crippen LogP contribution in [0.2, 0.25) is 0 Å². The molecule has 0 spiro atoms. The van der Waals surface area contributed by atoms with Gasteiger partial charge in [-0.3, -0.25) is 4.68 Å². The highest BCUT2D eigenvalue weighted by Gasteiger charge is 2.24. The highest BCUT2D eigenvalue weighted by molar-refractivity contribution is 5.62. The van der Waals surface area contributed by atoms with Crippen LogP contribution in [-0.2, 0) is 20.1 Å². The number of rotatable bonds is 1. The molecule has 1 aromatic carbocycles. The summed E-state index contributed by atoms with van der Waals surface area (Å²) in [4.78, 5) is 2.43. The maximum atomic E-state index is 4.52. The summed E-state index contributed by atoms with van der Waals surface area (Å²) in [6, 6.07) is 4.53. The maximum absolute atomic E-state index is 4.52. The summed E-state index contributed by atoms with van der Waals surface area (Å²) in [5.74, 6) is 0. The third-order valence-electron chi connectivity index (χ3n) is 3.65. The van der Waals surface area contributed by atoms with Gasteiger partial charge >= 0.3 is 0 Å². The molecule has 0 radical (unpaired) electrons. The van der Waals surface area contributed by atoms with Gasteiger partial charge in [-0.25, -0.2) is 0 Å². The summed E-state index contributed by atoms with van der Waals surface area (Å²) in [6.07, 6.45) is 2.13. The highest BCUT2D eigenvalue weighted by atomic mass is 15.3. The number of hydrogen-bond acceptors (Lipinski definition) is 2. The Morgan fingerprint density at radius 2 is 1.72 bits per heavy atom. The molecule has 0 aliphatic carbocycles. The third-order valence-corrected chi connectivity index (χ3v) is 3.65. The van der Waals surface area contributed by atoms with Gasteiger partial charge in [0.15, 0.2) is 0 Å². The van der Waals surface area contributed by atoms with E-state index in [1.54, 1.807) is 0 Å². The minimum absolute atomic E-state index is 0.931. The van der Waals surface area contributed by atoms with E-state index in [1.165, 1.54) is 33.6 Å². The van der Waals surface area contributed by atoms with Gasteiger partial charge in [0.25, 0.3) is 0 Å². The molecule has 3 nitrogen and oxygen atoms in total. The lowest BCUT2D eigenvalue weighted by molar-refractivity contribution is 0.723. The minimum atomic E-state index is 0.931. The van der Waals surface area contributed by atoms with Gasteiger partial charge in [-0.1, -0.05) is 17.7 Å². The van der Waals surface area contributed by atoms with Crippen LogP contribution in [0.4, 0.5) is 5.69 Å². The Morgan fingerprint density at radius 1 is 1.06 bits per heavy atom. The summed E-state index contributed by atoms with van der Waals surface area (Å²) in [6.45, 7) is 8.47. The van der Waals surface area contributed by atoms with E-state index in [1.807, 2.05) is 11.7 Å². The van der Waals surface area contributed by atoms with Crippen molar-refractivity contribution in [1.82, 2.24) is 9.78 Å². The van der Waals surface area contributed by atoms with Crippen molar-refractivity contribution in [3.05, 3.63) is 46.3 Å². The Morgan fingerprint density at radius 3 is 2.33 bits per heavy atom. The van der Waals surface area contributed by atoms with Crippen LogP contribution in [0.25, 0.3) is 0 Å². The Balaban J connectivity index is 1.97. The van der Waals surface area contributed by atoms with Crippen LogP contribution in [-0.4, -0.2) is 9.78 Å². The van der Waals surface area contributed by atoms with Crippen molar-refractivity contribution < 1.29 is 0 Å². The summed E-state index contributed by atoms with van der Waals surface area (Å²) in [5, 5.41) is 4.52. The number of aromatic nitrogens is 2. The molecule has 1 aliphatic heterocycles. The lowest BCUT2D eigenvalue weighted by atomic mass is 10.0. The molecule has 0 atom stereocenters. The quantitative estimate of drug-likeness (QED) is 0.765. The molecule has 0 bridgehead atoms. The minimum Gasteiger partial charge on any atom is -0.361 e. The normalized spacial score (nSPS) is 14.1. The van der Waals surface area contributed by atoms with Crippen molar-refractivity contribution in [2.45, 2.75) is 33.9 Å². The zero-order valence-corrected chi connectivity index (χ0v) is 11.5. The Labute approximate surface area is 108 Å². The standard InChI is InChI=1S/C15H19N3/c1-10-5-11(2)15(12(3)6-10)18-8-13-7-17(4)16-14(13)9-18/h5-7H,8-9H2,1-4H3.